The number of H-pyrrole nitrogens is 1. The zero-order valence-corrected chi connectivity index (χ0v) is 13.6. The van der Waals surface area contributed by atoms with Gasteiger partial charge in [-0.1, -0.05) is 0 Å². The van der Waals surface area contributed by atoms with Crippen molar-refractivity contribution in [1.29, 1.82) is 0 Å². The van der Waals surface area contributed by atoms with Crippen molar-refractivity contribution in [1.82, 2.24) is 19.9 Å². The molecule has 0 amide bonds. The van der Waals surface area contributed by atoms with Crippen LogP contribution in [0.15, 0.2) is 60.9 Å². The Morgan fingerprint density at radius 2 is 1.48 bits per heavy atom. The summed E-state index contributed by atoms with van der Waals surface area (Å²) < 4.78 is 0. The second-order valence-corrected chi connectivity index (χ2v) is 5.94. The number of aromatic amines is 1. The topological polar surface area (TPSA) is 66.5 Å². The van der Waals surface area contributed by atoms with Gasteiger partial charge in [-0.25, -0.2) is 4.98 Å². The molecule has 0 aliphatic rings. The van der Waals surface area contributed by atoms with Crippen LogP contribution in [-0.4, -0.2) is 27.0 Å². The predicted octanol–water partition coefficient (Wildman–Crippen LogP) is 4.37. The van der Waals surface area contributed by atoms with Crippen molar-refractivity contribution in [2.45, 2.75) is 0 Å². The third-order valence-corrected chi connectivity index (χ3v) is 4.52. The van der Waals surface area contributed by atoms with Gasteiger partial charge in [0.25, 0.3) is 0 Å². The normalized spacial score (nSPS) is 11.4. The van der Waals surface area contributed by atoms with E-state index in [0.29, 0.717) is 0 Å². The second-order valence-electron chi connectivity index (χ2n) is 5.94. The average molecular weight is 325 g/mol. The number of rotatable bonds is 2. The quantitative estimate of drug-likeness (QED) is 0.473. The van der Waals surface area contributed by atoms with E-state index >= 15 is 0 Å². The van der Waals surface area contributed by atoms with E-state index in [0.717, 1.165) is 49.9 Å². The van der Waals surface area contributed by atoms with Gasteiger partial charge in [-0.15, -0.1) is 0 Å². The Morgan fingerprint density at radius 1 is 0.800 bits per heavy atom. The standard InChI is InChI=1S/C20H15N5/c1-21-13-8-6-12(7-9-13)20-24-18-14-4-2-10-22-16(14)17-15(19(18)25-20)5-3-11-23-17/h2-11,21H,1H3,(H,24,25). The number of nitrogens with zero attached hydrogens (tertiary/aromatic N) is 3. The highest BCUT2D eigenvalue weighted by Crippen LogP contribution is 2.33. The highest BCUT2D eigenvalue weighted by molar-refractivity contribution is 6.20. The molecule has 5 nitrogen and oxygen atoms in total. The minimum absolute atomic E-state index is 0.846. The Kier molecular flexibility index (Phi) is 2.94. The van der Waals surface area contributed by atoms with E-state index < -0.39 is 0 Å². The summed E-state index contributed by atoms with van der Waals surface area (Å²) >= 11 is 0. The molecule has 2 aromatic carbocycles. The van der Waals surface area contributed by atoms with Crippen LogP contribution in [0.1, 0.15) is 0 Å². The summed E-state index contributed by atoms with van der Waals surface area (Å²) in [5, 5.41) is 5.18. The summed E-state index contributed by atoms with van der Waals surface area (Å²) in [4.78, 5) is 17.4. The largest absolute Gasteiger partial charge is 0.388 e. The van der Waals surface area contributed by atoms with Gasteiger partial charge in [0.05, 0.1) is 22.1 Å². The first kappa shape index (κ1) is 13.9. The highest BCUT2D eigenvalue weighted by atomic mass is 14.9. The Bertz CT molecular complexity index is 1150. The molecule has 0 aliphatic heterocycles. The summed E-state index contributed by atoms with van der Waals surface area (Å²) in [5.41, 5.74) is 5.82. The summed E-state index contributed by atoms with van der Waals surface area (Å²) in [6.07, 6.45) is 3.60. The molecule has 3 aromatic heterocycles. The van der Waals surface area contributed by atoms with Crippen LogP contribution in [0.4, 0.5) is 5.69 Å². The van der Waals surface area contributed by atoms with E-state index in [9.17, 15) is 0 Å². The predicted molar refractivity (Wildman–Crippen MR) is 102 cm³/mol. The lowest BCUT2D eigenvalue weighted by Gasteiger charge is -2.03. The van der Waals surface area contributed by atoms with Gasteiger partial charge in [-0.05, 0) is 48.5 Å². The molecule has 25 heavy (non-hydrogen) atoms. The highest BCUT2D eigenvalue weighted by Gasteiger charge is 2.14. The Morgan fingerprint density at radius 3 is 2.20 bits per heavy atom. The van der Waals surface area contributed by atoms with Crippen molar-refractivity contribution >= 4 is 38.5 Å². The summed E-state index contributed by atoms with van der Waals surface area (Å²) in [5.74, 6) is 0.846. The molecule has 5 aromatic rings. The molecule has 0 saturated heterocycles. The van der Waals surface area contributed by atoms with Gasteiger partial charge in [0.2, 0.25) is 0 Å². The molecule has 0 atom stereocenters. The SMILES string of the molecule is CNc1ccc(-c2nc3c4cccnc4c4ncccc4c3[nH]2)cc1. The van der Waals surface area contributed by atoms with Gasteiger partial charge in [-0.2, -0.15) is 0 Å². The Balaban J connectivity index is 1.86. The summed E-state index contributed by atoms with van der Waals surface area (Å²) in [6, 6.07) is 16.2. The summed E-state index contributed by atoms with van der Waals surface area (Å²) in [6.45, 7) is 0. The molecule has 2 N–H and O–H groups in total. The molecule has 120 valence electrons. The van der Waals surface area contributed by atoms with E-state index in [1.807, 2.05) is 37.4 Å². The molecule has 3 heterocycles. The van der Waals surface area contributed by atoms with Crippen molar-refractivity contribution in [3.63, 3.8) is 0 Å². The van der Waals surface area contributed by atoms with Crippen LogP contribution in [0, 0.1) is 0 Å². The van der Waals surface area contributed by atoms with Crippen LogP contribution < -0.4 is 5.32 Å². The molecule has 5 rings (SSSR count). The van der Waals surface area contributed by atoms with E-state index in [2.05, 4.69) is 38.5 Å². The van der Waals surface area contributed by atoms with Crippen molar-refractivity contribution in [2.24, 2.45) is 0 Å². The third-order valence-electron chi connectivity index (χ3n) is 4.52. The zero-order chi connectivity index (χ0) is 16.8. The van der Waals surface area contributed by atoms with Crippen LogP contribution in [0.2, 0.25) is 0 Å². The monoisotopic (exact) mass is 325 g/mol. The zero-order valence-electron chi connectivity index (χ0n) is 13.6. The van der Waals surface area contributed by atoms with Gasteiger partial charge in [-0.3, -0.25) is 9.97 Å². The lowest BCUT2D eigenvalue weighted by molar-refractivity contribution is 1.34. The van der Waals surface area contributed by atoms with Gasteiger partial charge in [0.1, 0.15) is 5.82 Å². The van der Waals surface area contributed by atoms with Crippen molar-refractivity contribution in [3.05, 3.63) is 60.9 Å². The molecule has 0 spiro atoms. The lowest BCUT2D eigenvalue weighted by atomic mass is 10.1. The van der Waals surface area contributed by atoms with Gasteiger partial charge >= 0.3 is 0 Å². The molecule has 5 heteroatoms. The maximum absolute atomic E-state index is 4.87. The lowest BCUT2D eigenvalue weighted by Crippen LogP contribution is -1.87. The molecular weight excluding hydrogens is 310 g/mol. The van der Waals surface area contributed by atoms with Crippen LogP contribution in [0.5, 0.6) is 0 Å². The third kappa shape index (κ3) is 2.06. The first-order valence-electron chi connectivity index (χ1n) is 8.14. The average Bonchev–Trinajstić information content (AvgIpc) is 3.14. The fourth-order valence-electron chi connectivity index (χ4n) is 3.28. The van der Waals surface area contributed by atoms with Crippen molar-refractivity contribution in [3.8, 4) is 11.4 Å². The van der Waals surface area contributed by atoms with Crippen LogP contribution in [0.3, 0.4) is 0 Å². The van der Waals surface area contributed by atoms with E-state index in [1.165, 1.54) is 0 Å². The molecule has 0 saturated carbocycles. The van der Waals surface area contributed by atoms with Gasteiger partial charge in [0, 0.05) is 41.5 Å². The van der Waals surface area contributed by atoms with Gasteiger partial charge < -0.3 is 10.3 Å². The molecule has 0 fully saturated rings. The van der Waals surface area contributed by atoms with Crippen LogP contribution in [0.25, 0.3) is 44.2 Å². The number of pyridine rings is 2. The van der Waals surface area contributed by atoms with Crippen molar-refractivity contribution in [2.75, 3.05) is 12.4 Å². The Hall–Kier alpha value is -3.47. The number of imidazole rings is 1. The van der Waals surface area contributed by atoms with E-state index in [1.54, 1.807) is 12.4 Å². The minimum Gasteiger partial charge on any atom is -0.388 e. The first-order valence-corrected chi connectivity index (χ1v) is 8.14. The number of aromatic nitrogens is 4. The number of hydrogen-bond acceptors (Lipinski definition) is 4. The number of nitrogens with one attached hydrogen (secondary N) is 2. The maximum Gasteiger partial charge on any atom is 0.138 e. The van der Waals surface area contributed by atoms with E-state index in [4.69, 9.17) is 4.98 Å². The fraction of sp³-hybridized carbons (Fsp3) is 0.0500. The molecule has 0 unspecified atom stereocenters. The molecule has 0 bridgehead atoms. The number of fused-ring (bicyclic) bond motifs is 6. The van der Waals surface area contributed by atoms with E-state index in [-0.39, 0.29) is 0 Å². The maximum atomic E-state index is 4.87. The minimum atomic E-state index is 0.846. The second kappa shape index (κ2) is 5.27. The number of benzene rings is 2. The molecule has 0 radical (unpaired) electrons. The number of anilines is 1. The van der Waals surface area contributed by atoms with Crippen molar-refractivity contribution < 1.29 is 0 Å². The fourth-order valence-corrected chi connectivity index (χ4v) is 3.28. The van der Waals surface area contributed by atoms with Gasteiger partial charge in [0.15, 0.2) is 0 Å². The van der Waals surface area contributed by atoms with Crippen LogP contribution in [-0.2, 0) is 0 Å². The number of hydrogen-bond donors (Lipinski definition) is 2. The summed E-state index contributed by atoms with van der Waals surface area (Å²) in [7, 11) is 1.91. The first-order chi connectivity index (χ1) is 12.3. The molecule has 0 aliphatic carbocycles. The smallest absolute Gasteiger partial charge is 0.138 e. The molecular formula is C20H15N5. The van der Waals surface area contributed by atoms with Crippen LogP contribution >= 0.6 is 0 Å². The Labute approximate surface area is 143 Å².